The Labute approximate surface area is 142 Å². The second-order valence-electron chi connectivity index (χ2n) is 7.46. The van der Waals surface area contributed by atoms with Crippen LogP contribution in [0.2, 0.25) is 0 Å². The Morgan fingerprint density at radius 1 is 0.773 bits per heavy atom. The van der Waals surface area contributed by atoms with Crippen molar-refractivity contribution in [2.24, 2.45) is 0 Å². The fourth-order valence-electron chi connectivity index (χ4n) is 3.74. The van der Waals surface area contributed by atoms with E-state index < -0.39 is 0 Å². The van der Waals surface area contributed by atoms with Gasteiger partial charge in [-0.3, -0.25) is 0 Å². The molecule has 0 saturated heterocycles. The Morgan fingerprint density at radius 3 is 2.00 bits per heavy atom. The van der Waals surface area contributed by atoms with Gasteiger partial charge in [0, 0.05) is 15.6 Å². The molecular weight excluding hydrogens is 332 g/mol. The summed E-state index contributed by atoms with van der Waals surface area (Å²) < 4.78 is 1.08. The van der Waals surface area contributed by atoms with E-state index in [2.05, 4.69) is 73.7 Å². The van der Waals surface area contributed by atoms with Crippen molar-refractivity contribution >= 4 is 15.9 Å². The third-order valence-electron chi connectivity index (χ3n) is 4.56. The summed E-state index contributed by atoms with van der Waals surface area (Å²) in [6.45, 7) is 9.36. The SMILES string of the molecule is CC1(C)CC(C)(C)c2cc(C#Cc3ccc(Br)cc3)ccc21. The molecule has 0 fully saturated rings. The third-order valence-corrected chi connectivity index (χ3v) is 5.09. The lowest BCUT2D eigenvalue weighted by molar-refractivity contribution is 0.403. The summed E-state index contributed by atoms with van der Waals surface area (Å²) in [5.41, 5.74) is 5.58. The Bertz CT molecular complexity index is 768. The Morgan fingerprint density at radius 2 is 1.32 bits per heavy atom. The highest BCUT2D eigenvalue weighted by Crippen LogP contribution is 2.49. The first kappa shape index (κ1) is 15.4. The molecule has 1 aliphatic carbocycles. The van der Waals surface area contributed by atoms with Gasteiger partial charge >= 0.3 is 0 Å². The fraction of sp³-hybridized carbons (Fsp3) is 0.333. The van der Waals surface area contributed by atoms with Crippen LogP contribution in [-0.2, 0) is 10.8 Å². The third kappa shape index (κ3) is 2.85. The summed E-state index contributed by atoms with van der Waals surface area (Å²) in [6, 6.07) is 14.9. The Hall–Kier alpha value is -1.52. The van der Waals surface area contributed by atoms with Crippen LogP contribution in [0.3, 0.4) is 0 Å². The number of halogens is 1. The van der Waals surface area contributed by atoms with E-state index in [1.807, 2.05) is 24.3 Å². The molecule has 0 radical (unpaired) electrons. The Kier molecular flexibility index (Phi) is 3.69. The van der Waals surface area contributed by atoms with Gasteiger partial charge in [0.25, 0.3) is 0 Å². The van der Waals surface area contributed by atoms with Crippen LogP contribution < -0.4 is 0 Å². The molecule has 0 aliphatic heterocycles. The van der Waals surface area contributed by atoms with Crippen LogP contribution in [-0.4, -0.2) is 0 Å². The van der Waals surface area contributed by atoms with Crippen molar-refractivity contribution < 1.29 is 0 Å². The molecule has 1 aliphatic rings. The van der Waals surface area contributed by atoms with Gasteiger partial charge in [-0.15, -0.1) is 0 Å². The highest BCUT2D eigenvalue weighted by atomic mass is 79.9. The lowest BCUT2D eigenvalue weighted by Crippen LogP contribution is -2.17. The van der Waals surface area contributed by atoms with Crippen LogP contribution in [0.25, 0.3) is 0 Å². The fourth-order valence-corrected chi connectivity index (χ4v) is 4.01. The van der Waals surface area contributed by atoms with E-state index in [0.29, 0.717) is 0 Å². The quantitative estimate of drug-likeness (QED) is 0.525. The zero-order valence-corrected chi connectivity index (χ0v) is 15.2. The van der Waals surface area contributed by atoms with E-state index in [4.69, 9.17) is 0 Å². The van der Waals surface area contributed by atoms with E-state index >= 15 is 0 Å². The summed E-state index contributed by atoms with van der Waals surface area (Å²) in [7, 11) is 0. The largest absolute Gasteiger partial charge is 0.0617 e. The molecule has 1 heteroatoms. The zero-order chi connectivity index (χ0) is 16.0. The van der Waals surface area contributed by atoms with Crippen LogP contribution in [0.5, 0.6) is 0 Å². The molecule has 0 unspecified atom stereocenters. The molecule has 0 heterocycles. The van der Waals surface area contributed by atoms with Gasteiger partial charge in [0.2, 0.25) is 0 Å². The molecule has 2 aromatic rings. The first-order valence-electron chi connectivity index (χ1n) is 7.71. The number of benzene rings is 2. The minimum Gasteiger partial charge on any atom is -0.0617 e. The molecule has 0 N–H and O–H groups in total. The van der Waals surface area contributed by atoms with Crippen molar-refractivity contribution in [2.75, 3.05) is 0 Å². The summed E-state index contributed by atoms with van der Waals surface area (Å²) >= 11 is 3.45. The van der Waals surface area contributed by atoms with Crippen LogP contribution in [0.4, 0.5) is 0 Å². The maximum Gasteiger partial charge on any atom is 0.0252 e. The predicted molar refractivity (Wildman–Crippen MR) is 97.2 cm³/mol. The predicted octanol–water partition coefficient (Wildman–Crippen LogP) is 5.81. The molecule has 22 heavy (non-hydrogen) atoms. The summed E-state index contributed by atoms with van der Waals surface area (Å²) in [4.78, 5) is 0. The summed E-state index contributed by atoms with van der Waals surface area (Å²) in [5, 5.41) is 0. The molecule has 0 amide bonds. The van der Waals surface area contributed by atoms with Crippen molar-refractivity contribution in [2.45, 2.75) is 44.9 Å². The highest BCUT2D eigenvalue weighted by Gasteiger charge is 2.41. The topological polar surface area (TPSA) is 0 Å². The number of rotatable bonds is 0. The van der Waals surface area contributed by atoms with Gasteiger partial charge in [-0.1, -0.05) is 61.5 Å². The zero-order valence-electron chi connectivity index (χ0n) is 13.6. The number of hydrogen-bond donors (Lipinski definition) is 0. The van der Waals surface area contributed by atoms with E-state index in [1.165, 1.54) is 17.5 Å². The lowest BCUT2D eigenvalue weighted by atomic mass is 9.82. The second kappa shape index (κ2) is 5.28. The lowest BCUT2D eigenvalue weighted by Gasteiger charge is -2.22. The molecule has 112 valence electrons. The van der Waals surface area contributed by atoms with Crippen LogP contribution in [0, 0.1) is 11.8 Å². The van der Waals surface area contributed by atoms with Crippen LogP contribution >= 0.6 is 15.9 Å². The van der Waals surface area contributed by atoms with Crippen molar-refractivity contribution in [1.82, 2.24) is 0 Å². The van der Waals surface area contributed by atoms with E-state index in [1.54, 1.807) is 0 Å². The van der Waals surface area contributed by atoms with Gasteiger partial charge in [-0.25, -0.2) is 0 Å². The molecule has 0 nitrogen and oxygen atoms in total. The second-order valence-corrected chi connectivity index (χ2v) is 8.38. The molecular formula is C21H21Br. The molecule has 0 bridgehead atoms. The highest BCUT2D eigenvalue weighted by molar-refractivity contribution is 9.10. The average Bonchev–Trinajstić information content (AvgIpc) is 2.63. The van der Waals surface area contributed by atoms with Gasteiger partial charge < -0.3 is 0 Å². The normalized spacial score (nSPS) is 17.5. The maximum atomic E-state index is 3.45. The molecule has 0 atom stereocenters. The average molecular weight is 353 g/mol. The monoisotopic (exact) mass is 352 g/mol. The van der Waals surface area contributed by atoms with Crippen molar-refractivity contribution in [3.05, 3.63) is 69.2 Å². The molecule has 0 aromatic heterocycles. The van der Waals surface area contributed by atoms with Gasteiger partial charge in [0.05, 0.1) is 0 Å². The van der Waals surface area contributed by atoms with Crippen molar-refractivity contribution in [1.29, 1.82) is 0 Å². The van der Waals surface area contributed by atoms with Crippen LogP contribution in [0.1, 0.15) is 56.4 Å². The number of hydrogen-bond acceptors (Lipinski definition) is 0. The first-order chi connectivity index (χ1) is 10.3. The van der Waals surface area contributed by atoms with E-state index in [-0.39, 0.29) is 10.8 Å². The molecule has 0 spiro atoms. The molecule has 2 aromatic carbocycles. The smallest absolute Gasteiger partial charge is 0.0252 e. The minimum absolute atomic E-state index is 0.230. The first-order valence-corrected chi connectivity index (χ1v) is 8.50. The Balaban J connectivity index is 1.97. The standard InChI is InChI=1S/C21H21Br/c1-20(2)14-21(3,4)19-13-16(9-12-18(19)20)6-5-15-7-10-17(22)11-8-15/h7-13H,14H2,1-4H3. The van der Waals surface area contributed by atoms with E-state index in [0.717, 1.165) is 15.6 Å². The van der Waals surface area contributed by atoms with Gasteiger partial charge in [-0.05, 0) is 64.8 Å². The molecule has 3 rings (SSSR count). The summed E-state index contributed by atoms with van der Waals surface area (Å²) in [5.74, 6) is 6.57. The van der Waals surface area contributed by atoms with Crippen molar-refractivity contribution in [3.63, 3.8) is 0 Å². The van der Waals surface area contributed by atoms with E-state index in [9.17, 15) is 0 Å². The minimum atomic E-state index is 0.230. The van der Waals surface area contributed by atoms with Gasteiger partial charge in [0.1, 0.15) is 0 Å². The van der Waals surface area contributed by atoms with Gasteiger partial charge in [-0.2, -0.15) is 0 Å². The van der Waals surface area contributed by atoms with Crippen molar-refractivity contribution in [3.8, 4) is 11.8 Å². The maximum absolute atomic E-state index is 3.45. The molecule has 0 saturated carbocycles. The number of fused-ring (bicyclic) bond motifs is 1. The van der Waals surface area contributed by atoms with Crippen LogP contribution in [0.15, 0.2) is 46.9 Å². The van der Waals surface area contributed by atoms with Gasteiger partial charge in [0.15, 0.2) is 0 Å². The summed E-state index contributed by atoms with van der Waals surface area (Å²) in [6.07, 6.45) is 1.19.